The van der Waals surface area contributed by atoms with E-state index < -0.39 is 5.97 Å². The van der Waals surface area contributed by atoms with Crippen molar-refractivity contribution < 1.29 is 19.4 Å². The smallest absolute Gasteiger partial charge is 0.356 e. The van der Waals surface area contributed by atoms with E-state index in [0.29, 0.717) is 30.0 Å². The number of aromatic nitrogens is 4. The fourth-order valence-corrected chi connectivity index (χ4v) is 4.49. The molecular formula is C26H25N5O4. The number of methoxy groups -OCH3 is 1. The summed E-state index contributed by atoms with van der Waals surface area (Å²) in [6, 6.07) is 16.9. The summed E-state index contributed by atoms with van der Waals surface area (Å²) in [5, 5.41) is 18.2. The van der Waals surface area contributed by atoms with Gasteiger partial charge in [0.2, 0.25) is 0 Å². The molecule has 4 aromatic rings. The zero-order valence-electron chi connectivity index (χ0n) is 19.5. The molecule has 1 N–H and O–H groups in total. The number of carboxylic acids is 1. The highest BCUT2D eigenvalue weighted by Gasteiger charge is 2.35. The molecule has 178 valence electrons. The Labute approximate surface area is 202 Å². The molecule has 2 aromatic carbocycles. The van der Waals surface area contributed by atoms with E-state index in [2.05, 4.69) is 10.2 Å². The standard InChI is InChI=1S/C26H25N5O4/c1-29-18(12-14-27-29)7-6-17-4-3-5-20(16-17)30-15-13-22-23(26(33)34)28-31(24(22)25(30)32)19-8-10-21(35-2)11-9-19/h3-5,8-12,14,16H,6-7,13,15H2,1-2H3,(H,33,34). The summed E-state index contributed by atoms with van der Waals surface area (Å²) >= 11 is 0. The molecule has 9 heteroatoms. The SMILES string of the molecule is COc1ccc(-n2nc(C(=O)O)c3c2C(=O)N(c2cccc(CCc4ccnn4C)c2)CC3)cc1. The molecule has 0 saturated heterocycles. The van der Waals surface area contributed by atoms with Gasteiger partial charge in [-0.1, -0.05) is 12.1 Å². The van der Waals surface area contributed by atoms with Gasteiger partial charge < -0.3 is 14.7 Å². The van der Waals surface area contributed by atoms with E-state index in [1.54, 1.807) is 42.5 Å². The molecule has 0 atom stereocenters. The minimum Gasteiger partial charge on any atom is -0.497 e. The van der Waals surface area contributed by atoms with Gasteiger partial charge in [-0.25, -0.2) is 9.48 Å². The van der Waals surface area contributed by atoms with Gasteiger partial charge in [-0.3, -0.25) is 9.48 Å². The molecule has 1 amide bonds. The number of aryl methyl sites for hydroxylation is 3. The van der Waals surface area contributed by atoms with Crippen molar-refractivity contribution in [2.45, 2.75) is 19.3 Å². The van der Waals surface area contributed by atoms with Gasteiger partial charge in [0.1, 0.15) is 11.4 Å². The van der Waals surface area contributed by atoms with Crippen molar-refractivity contribution in [3.05, 3.63) is 89.0 Å². The second kappa shape index (κ2) is 9.09. The van der Waals surface area contributed by atoms with E-state index in [9.17, 15) is 14.7 Å². The number of aromatic carboxylic acids is 1. The number of carbonyl (C=O) groups is 2. The number of carboxylic acid groups (broad SMARTS) is 1. The summed E-state index contributed by atoms with van der Waals surface area (Å²) in [7, 11) is 3.49. The molecular weight excluding hydrogens is 446 g/mol. The Balaban J connectivity index is 1.47. The van der Waals surface area contributed by atoms with Crippen molar-refractivity contribution in [2.24, 2.45) is 7.05 Å². The lowest BCUT2D eigenvalue weighted by Crippen LogP contribution is -2.39. The summed E-state index contributed by atoms with van der Waals surface area (Å²) in [6.07, 6.45) is 3.84. The average molecular weight is 472 g/mol. The minimum absolute atomic E-state index is 0.0891. The lowest BCUT2D eigenvalue weighted by molar-refractivity contribution is 0.0688. The van der Waals surface area contributed by atoms with Crippen molar-refractivity contribution in [2.75, 3.05) is 18.6 Å². The van der Waals surface area contributed by atoms with Gasteiger partial charge >= 0.3 is 5.97 Å². The van der Waals surface area contributed by atoms with Crippen LogP contribution in [0, 0.1) is 0 Å². The third-order valence-corrected chi connectivity index (χ3v) is 6.35. The zero-order chi connectivity index (χ0) is 24.5. The highest BCUT2D eigenvalue weighted by atomic mass is 16.5. The number of fused-ring (bicyclic) bond motifs is 1. The largest absolute Gasteiger partial charge is 0.497 e. The van der Waals surface area contributed by atoms with Crippen LogP contribution in [-0.4, -0.2) is 50.2 Å². The summed E-state index contributed by atoms with van der Waals surface area (Å²) < 4.78 is 8.51. The number of benzene rings is 2. The number of amides is 1. The molecule has 1 aliphatic rings. The maximum atomic E-state index is 13.7. The first-order chi connectivity index (χ1) is 17.0. The molecule has 35 heavy (non-hydrogen) atoms. The van der Waals surface area contributed by atoms with Crippen LogP contribution in [0.1, 0.15) is 37.8 Å². The first-order valence-corrected chi connectivity index (χ1v) is 11.3. The van der Waals surface area contributed by atoms with E-state index in [-0.39, 0.29) is 17.3 Å². The topological polar surface area (TPSA) is 102 Å². The van der Waals surface area contributed by atoms with Crippen LogP contribution in [-0.2, 0) is 26.3 Å². The van der Waals surface area contributed by atoms with Crippen LogP contribution >= 0.6 is 0 Å². The Morgan fingerprint density at radius 1 is 1.09 bits per heavy atom. The third-order valence-electron chi connectivity index (χ3n) is 6.35. The third kappa shape index (κ3) is 4.16. The number of rotatable bonds is 7. The Bertz CT molecular complexity index is 1400. The van der Waals surface area contributed by atoms with Gasteiger partial charge in [-0.05, 0) is 67.3 Å². The van der Waals surface area contributed by atoms with Crippen LogP contribution in [0.25, 0.3) is 5.69 Å². The predicted molar refractivity (Wildman–Crippen MR) is 130 cm³/mol. The second-order valence-electron chi connectivity index (χ2n) is 8.41. The summed E-state index contributed by atoms with van der Waals surface area (Å²) in [6.45, 7) is 0.381. The highest BCUT2D eigenvalue weighted by molar-refractivity contribution is 6.09. The van der Waals surface area contributed by atoms with Crippen LogP contribution in [0.15, 0.2) is 60.8 Å². The average Bonchev–Trinajstić information content (AvgIpc) is 3.47. The van der Waals surface area contributed by atoms with Gasteiger partial charge in [0.05, 0.1) is 12.8 Å². The summed E-state index contributed by atoms with van der Waals surface area (Å²) in [5.41, 5.74) is 4.27. The van der Waals surface area contributed by atoms with Crippen molar-refractivity contribution in [3.63, 3.8) is 0 Å². The second-order valence-corrected chi connectivity index (χ2v) is 8.41. The number of anilines is 1. The number of hydrogen-bond acceptors (Lipinski definition) is 5. The van der Waals surface area contributed by atoms with Crippen molar-refractivity contribution in [3.8, 4) is 11.4 Å². The molecule has 0 aliphatic carbocycles. The number of ether oxygens (including phenoxy) is 1. The van der Waals surface area contributed by atoms with Gasteiger partial charge in [0.25, 0.3) is 5.91 Å². The highest BCUT2D eigenvalue weighted by Crippen LogP contribution is 2.30. The maximum absolute atomic E-state index is 13.7. The summed E-state index contributed by atoms with van der Waals surface area (Å²) in [5.74, 6) is -0.762. The molecule has 9 nitrogen and oxygen atoms in total. The van der Waals surface area contributed by atoms with Crippen molar-refractivity contribution >= 4 is 17.6 Å². The van der Waals surface area contributed by atoms with E-state index in [4.69, 9.17) is 4.74 Å². The maximum Gasteiger partial charge on any atom is 0.356 e. The number of nitrogens with zero attached hydrogens (tertiary/aromatic N) is 5. The van der Waals surface area contributed by atoms with Crippen LogP contribution in [0.2, 0.25) is 0 Å². The molecule has 5 rings (SSSR count). The van der Waals surface area contributed by atoms with Crippen LogP contribution in [0.3, 0.4) is 0 Å². The van der Waals surface area contributed by atoms with E-state index >= 15 is 0 Å². The lowest BCUT2D eigenvalue weighted by Gasteiger charge is -2.28. The van der Waals surface area contributed by atoms with Gasteiger partial charge in [0, 0.05) is 36.7 Å². The molecule has 0 radical (unpaired) electrons. The monoisotopic (exact) mass is 471 g/mol. The fourth-order valence-electron chi connectivity index (χ4n) is 4.49. The molecule has 0 fully saturated rings. The molecule has 0 bridgehead atoms. The van der Waals surface area contributed by atoms with Crippen LogP contribution in [0.5, 0.6) is 5.75 Å². The molecule has 2 aromatic heterocycles. The Hall–Kier alpha value is -4.40. The zero-order valence-corrected chi connectivity index (χ0v) is 19.5. The van der Waals surface area contributed by atoms with Crippen molar-refractivity contribution in [1.82, 2.24) is 19.6 Å². The number of carbonyl (C=O) groups excluding carboxylic acids is 1. The van der Waals surface area contributed by atoms with E-state index in [1.165, 1.54) is 4.68 Å². The first kappa shape index (κ1) is 22.4. The van der Waals surface area contributed by atoms with Gasteiger partial charge in [-0.15, -0.1) is 0 Å². The Kier molecular flexibility index (Phi) is 5.82. The molecule has 3 heterocycles. The molecule has 0 spiro atoms. The van der Waals surface area contributed by atoms with Gasteiger partial charge in [0.15, 0.2) is 5.69 Å². The molecule has 0 unspecified atom stereocenters. The Morgan fingerprint density at radius 3 is 2.57 bits per heavy atom. The lowest BCUT2D eigenvalue weighted by atomic mass is 10.0. The quantitative estimate of drug-likeness (QED) is 0.444. The van der Waals surface area contributed by atoms with E-state index in [1.807, 2.05) is 42.1 Å². The van der Waals surface area contributed by atoms with Crippen molar-refractivity contribution in [1.29, 1.82) is 0 Å². The minimum atomic E-state index is -1.15. The predicted octanol–water partition coefficient (Wildman–Crippen LogP) is 3.30. The molecule has 1 aliphatic heterocycles. The fraction of sp³-hybridized carbons (Fsp3) is 0.231. The van der Waals surface area contributed by atoms with Gasteiger partial charge in [-0.2, -0.15) is 10.2 Å². The Morgan fingerprint density at radius 2 is 1.89 bits per heavy atom. The van der Waals surface area contributed by atoms with E-state index in [0.717, 1.165) is 29.8 Å². The van der Waals surface area contributed by atoms with Crippen LogP contribution < -0.4 is 9.64 Å². The van der Waals surface area contributed by atoms with Crippen LogP contribution in [0.4, 0.5) is 5.69 Å². The summed E-state index contributed by atoms with van der Waals surface area (Å²) in [4.78, 5) is 27.3. The first-order valence-electron chi connectivity index (χ1n) is 11.3. The molecule has 0 saturated carbocycles. The number of hydrogen-bond donors (Lipinski definition) is 1. The normalized spacial score (nSPS) is 13.1.